The number of hydrogen-bond acceptors (Lipinski definition) is 3. The van der Waals surface area contributed by atoms with E-state index in [1.165, 1.54) is 6.07 Å². The number of halogens is 1. The van der Waals surface area contributed by atoms with Crippen molar-refractivity contribution in [1.29, 1.82) is 0 Å². The first-order chi connectivity index (χ1) is 12.5. The van der Waals surface area contributed by atoms with Gasteiger partial charge in [0.25, 0.3) is 0 Å². The smallest absolute Gasteiger partial charge is 0.130 e. The molecule has 0 saturated heterocycles. The number of imidazole rings is 1. The van der Waals surface area contributed by atoms with Crippen molar-refractivity contribution in [3.8, 4) is 5.75 Å². The molecule has 0 fully saturated rings. The number of hydrogen-bond donors (Lipinski definition) is 1. The fourth-order valence-corrected chi connectivity index (χ4v) is 2.88. The van der Waals surface area contributed by atoms with Crippen LogP contribution in [0, 0.1) is 5.82 Å². The third-order valence-electron chi connectivity index (χ3n) is 4.10. The lowest BCUT2D eigenvalue weighted by Gasteiger charge is -2.19. The monoisotopic (exact) mass is 353 g/mol. The highest BCUT2D eigenvalue weighted by Gasteiger charge is 2.18. The number of aromatic nitrogens is 2. The summed E-state index contributed by atoms with van der Waals surface area (Å²) in [7, 11) is 1.94. The average molecular weight is 353 g/mol. The fourth-order valence-electron chi connectivity index (χ4n) is 2.88. The van der Waals surface area contributed by atoms with Gasteiger partial charge in [-0.05, 0) is 49.2 Å². The molecule has 0 unspecified atom stereocenters. The van der Waals surface area contributed by atoms with Gasteiger partial charge in [-0.2, -0.15) is 0 Å². The van der Waals surface area contributed by atoms with E-state index in [1.54, 1.807) is 18.3 Å². The minimum Gasteiger partial charge on any atom is -0.491 e. The Morgan fingerprint density at radius 3 is 2.54 bits per heavy atom. The molecule has 0 aliphatic heterocycles. The van der Waals surface area contributed by atoms with Crippen molar-refractivity contribution in [1.82, 2.24) is 14.9 Å². The summed E-state index contributed by atoms with van der Waals surface area (Å²) in [4.78, 5) is 4.44. The lowest BCUT2D eigenvalue weighted by atomic mass is 10.1. The lowest BCUT2D eigenvalue weighted by Crippen LogP contribution is -2.25. The Balaban J connectivity index is 1.77. The van der Waals surface area contributed by atoms with E-state index in [2.05, 4.69) is 10.3 Å². The molecule has 0 saturated carbocycles. The third-order valence-corrected chi connectivity index (χ3v) is 4.10. The van der Waals surface area contributed by atoms with Crippen LogP contribution in [0.3, 0.4) is 0 Å². The summed E-state index contributed by atoms with van der Waals surface area (Å²) in [5, 5.41) is 3.49. The lowest BCUT2D eigenvalue weighted by molar-refractivity contribution is 0.242. The van der Waals surface area contributed by atoms with Crippen molar-refractivity contribution in [2.24, 2.45) is 7.05 Å². The maximum Gasteiger partial charge on any atom is 0.130 e. The molecule has 5 heteroatoms. The Morgan fingerprint density at radius 1 is 1.15 bits per heavy atom. The molecular formula is C21H24FN3O. The van der Waals surface area contributed by atoms with Crippen LogP contribution in [0.5, 0.6) is 5.75 Å². The molecule has 1 N–H and O–H groups in total. The van der Waals surface area contributed by atoms with Crippen LogP contribution in [0.4, 0.5) is 4.39 Å². The molecule has 1 heterocycles. The van der Waals surface area contributed by atoms with Crippen LogP contribution in [-0.2, 0) is 13.6 Å². The average Bonchev–Trinajstić information content (AvgIpc) is 3.02. The minimum absolute atomic E-state index is 0.153. The number of nitrogens with zero attached hydrogens (tertiary/aromatic N) is 2. The maximum atomic E-state index is 13.7. The molecule has 4 nitrogen and oxygen atoms in total. The summed E-state index contributed by atoms with van der Waals surface area (Å²) >= 11 is 0. The molecule has 0 radical (unpaired) electrons. The van der Waals surface area contributed by atoms with E-state index in [0.717, 1.165) is 22.7 Å². The van der Waals surface area contributed by atoms with Gasteiger partial charge in [0.15, 0.2) is 0 Å². The van der Waals surface area contributed by atoms with Crippen LogP contribution in [0.15, 0.2) is 60.9 Å². The van der Waals surface area contributed by atoms with E-state index >= 15 is 0 Å². The quantitative estimate of drug-likeness (QED) is 0.691. The molecule has 136 valence electrons. The van der Waals surface area contributed by atoms with Crippen molar-refractivity contribution >= 4 is 0 Å². The van der Waals surface area contributed by atoms with Crippen molar-refractivity contribution in [3.05, 3.63) is 83.7 Å². The number of nitrogens with one attached hydrogen (secondary N) is 1. The normalized spacial score (nSPS) is 12.3. The molecule has 0 spiro atoms. The van der Waals surface area contributed by atoms with E-state index in [4.69, 9.17) is 4.74 Å². The van der Waals surface area contributed by atoms with Crippen LogP contribution < -0.4 is 10.1 Å². The van der Waals surface area contributed by atoms with Gasteiger partial charge in [-0.3, -0.25) is 5.32 Å². The molecule has 0 aliphatic rings. The van der Waals surface area contributed by atoms with Crippen molar-refractivity contribution < 1.29 is 9.13 Å². The first kappa shape index (κ1) is 18.1. The first-order valence-corrected chi connectivity index (χ1v) is 8.74. The predicted molar refractivity (Wildman–Crippen MR) is 100 cm³/mol. The molecule has 3 aromatic rings. The predicted octanol–water partition coefficient (Wildman–Crippen LogP) is 4.23. The van der Waals surface area contributed by atoms with Gasteiger partial charge in [-0.15, -0.1) is 0 Å². The summed E-state index contributed by atoms with van der Waals surface area (Å²) in [6, 6.07) is 14.4. The van der Waals surface area contributed by atoms with Gasteiger partial charge in [-0.25, -0.2) is 9.37 Å². The minimum atomic E-state index is -0.251. The van der Waals surface area contributed by atoms with Crippen LogP contribution in [0.2, 0.25) is 0 Å². The molecule has 0 amide bonds. The highest BCUT2D eigenvalue weighted by molar-refractivity contribution is 5.29. The SMILES string of the molecule is CC(C)Oc1ccc(CN[C@H](c2cccc(F)c2)c2nccn2C)cc1. The van der Waals surface area contributed by atoms with Crippen molar-refractivity contribution in [2.45, 2.75) is 32.5 Å². The van der Waals surface area contributed by atoms with Gasteiger partial charge in [0.2, 0.25) is 0 Å². The standard InChI is InChI=1S/C21H24FN3O/c1-15(2)26-19-9-7-16(8-10-19)14-24-20(21-23-11-12-25(21)3)17-5-4-6-18(22)13-17/h4-13,15,20,24H,14H2,1-3H3/t20-/m1/s1. The Labute approximate surface area is 153 Å². The zero-order valence-electron chi connectivity index (χ0n) is 15.3. The van der Waals surface area contributed by atoms with Gasteiger partial charge in [-0.1, -0.05) is 24.3 Å². The summed E-state index contributed by atoms with van der Waals surface area (Å²) in [5.74, 6) is 1.45. The fraction of sp³-hybridized carbons (Fsp3) is 0.286. The Hall–Kier alpha value is -2.66. The molecule has 1 atom stereocenters. The van der Waals surface area contributed by atoms with Gasteiger partial charge in [0.05, 0.1) is 12.1 Å². The maximum absolute atomic E-state index is 13.7. The van der Waals surface area contributed by atoms with E-state index < -0.39 is 0 Å². The number of rotatable bonds is 7. The Kier molecular flexibility index (Phi) is 5.68. The van der Waals surface area contributed by atoms with E-state index in [-0.39, 0.29) is 18.0 Å². The third kappa shape index (κ3) is 4.49. The highest BCUT2D eigenvalue weighted by atomic mass is 19.1. The second kappa shape index (κ2) is 8.15. The van der Waals surface area contributed by atoms with Crippen molar-refractivity contribution in [2.75, 3.05) is 0 Å². The second-order valence-corrected chi connectivity index (χ2v) is 6.58. The van der Waals surface area contributed by atoms with Crippen LogP contribution in [0.1, 0.15) is 36.8 Å². The second-order valence-electron chi connectivity index (χ2n) is 6.58. The first-order valence-electron chi connectivity index (χ1n) is 8.74. The zero-order chi connectivity index (χ0) is 18.5. The number of aryl methyl sites for hydroxylation is 1. The molecule has 0 bridgehead atoms. The van der Waals surface area contributed by atoms with E-state index in [0.29, 0.717) is 6.54 Å². The molecule has 3 rings (SSSR count). The highest BCUT2D eigenvalue weighted by Crippen LogP contribution is 2.22. The molecule has 2 aromatic carbocycles. The molecular weight excluding hydrogens is 329 g/mol. The number of ether oxygens (including phenoxy) is 1. The summed E-state index contributed by atoms with van der Waals surface area (Å²) in [5.41, 5.74) is 1.97. The number of benzene rings is 2. The van der Waals surface area contributed by atoms with Crippen molar-refractivity contribution in [3.63, 3.8) is 0 Å². The summed E-state index contributed by atoms with van der Waals surface area (Å²) in [6.45, 7) is 4.65. The van der Waals surface area contributed by atoms with Crippen LogP contribution in [0.25, 0.3) is 0 Å². The van der Waals surface area contributed by atoms with Crippen LogP contribution >= 0.6 is 0 Å². The van der Waals surface area contributed by atoms with Gasteiger partial charge in [0, 0.05) is 26.0 Å². The summed E-state index contributed by atoms with van der Waals surface area (Å²) in [6.07, 6.45) is 3.79. The summed E-state index contributed by atoms with van der Waals surface area (Å²) < 4.78 is 21.3. The van der Waals surface area contributed by atoms with E-state index in [9.17, 15) is 4.39 Å². The molecule has 1 aromatic heterocycles. The molecule has 26 heavy (non-hydrogen) atoms. The Morgan fingerprint density at radius 2 is 1.92 bits per heavy atom. The van der Waals surface area contributed by atoms with Gasteiger partial charge < -0.3 is 9.30 Å². The van der Waals surface area contributed by atoms with Gasteiger partial charge in [0.1, 0.15) is 17.4 Å². The van der Waals surface area contributed by atoms with E-state index in [1.807, 2.05) is 62.0 Å². The Bertz CT molecular complexity index is 842. The van der Waals surface area contributed by atoms with Crippen LogP contribution in [-0.4, -0.2) is 15.7 Å². The topological polar surface area (TPSA) is 39.1 Å². The van der Waals surface area contributed by atoms with Gasteiger partial charge >= 0.3 is 0 Å². The molecule has 0 aliphatic carbocycles. The largest absolute Gasteiger partial charge is 0.491 e. The zero-order valence-corrected chi connectivity index (χ0v) is 15.3.